The largest absolute Gasteiger partial charge is 0.480 e. The lowest BCUT2D eigenvalue weighted by atomic mass is 9.94. The normalized spacial score (nSPS) is 15.9. The molecule has 0 aromatic heterocycles. The predicted molar refractivity (Wildman–Crippen MR) is 147 cm³/mol. The summed E-state index contributed by atoms with van der Waals surface area (Å²) in [6.07, 6.45) is 3.07. The Balaban J connectivity index is 1.42. The van der Waals surface area contributed by atoms with Gasteiger partial charge in [-0.3, -0.25) is 9.59 Å². The molecule has 4 rings (SSSR count). The Kier molecular flexibility index (Phi) is 8.66. The summed E-state index contributed by atoms with van der Waals surface area (Å²) in [5.41, 5.74) is 2.76. The zero-order chi connectivity index (χ0) is 26.3. The van der Waals surface area contributed by atoms with E-state index >= 15 is 0 Å². The van der Waals surface area contributed by atoms with Crippen molar-refractivity contribution < 1.29 is 19.5 Å². The van der Waals surface area contributed by atoms with Gasteiger partial charge in [0.15, 0.2) is 0 Å². The second-order valence-electron chi connectivity index (χ2n) is 9.62. The number of hydrogen-bond acceptors (Lipinski definition) is 4. The first kappa shape index (κ1) is 26.5. The van der Waals surface area contributed by atoms with Gasteiger partial charge in [-0.05, 0) is 41.5 Å². The molecule has 37 heavy (non-hydrogen) atoms. The van der Waals surface area contributed by atoms with E-state index in [1.165, 1.54) is 0 Å². The standard InChI is InChI=1S/C30H32N2O4S/c33-27(26(37)20-21-9-3-1-4-10-21)32-30(17-7-8-18-30)29(36)31-25(28(34)35)19-22-13-15-24(16-14-22)23-11-5-2-6-12-23/h1-6,9-16,25-26,37H,7-8,17-20H2,(H,31,36)(H,32,33)(H,34,35)/t25-,26-/m0/s1. The van der Waals surface area contributed by atoms with Crippen LogP contribution in [0.15, 0.2) is 84.9 Å². The molecule has 3 N–H and O–H groups in total. The minimum Gasteiger partial charge on any atom is -0.480 e. The average molecular weight is 517 g/mol. The number of hydrogen-bond donors (Lipinski definition) is 4. The average Bonchev–Trinajstić information content (AvgIpc) is 3.39. The molecule has 0 bridgehead atoms. The highest BCUT2D eigenvalue weighted by Gasteiger charge is 2.44. The Morgan fingerprint density at radius 3 is 1.92 bits per heavy atom. The van der Waals surface area contributed by atoms with E-state index in [1.807, 2.05) is 84.9 Å². The lowest BCUT2D eigenvalue weighted by Crippen LogP contribution is -2.61. The zero-order valence-electron chi connectivity index (χ0n) is 20.6. The molecule has 7 heteroatoms. The van der Waals surface area contributed by atoms with E-state index in [2.05, 4.69) is 23.3 Å². The van der Waals surface area contributed by atoms with Gasteiger partial charge in [0.25, 0.3) is 0 Å². The number of nitrogens with one attached hydrogen (secondary N) is 2. The molecule has 1 saturated carbocycles. The minimum atomic E-state index is -1.13. The molecule has 1 aliphatic rings. The molecule has 6 nitrogen and oxygen atoms in total. The summed E-state index contributed by atoms with van der Waals surface area (Å²) >= 11 is 4.48. The van der Waals surface area contributed by atoms with E-state index in [0.717, 1.165) is 35.1 Å². The Bertz CT molecular complexity index is 1210. The fourth-order valence-corrected chi connectivity index (χ4v) is 5.11. The third kappa shape index (κ3) is 6.80. The number of rotatable bonds is 10. The number of carboxylic acid groups (broad SMARTS) is 1. The first-order valence-corrected chi connectivity index (χ1v) is 13.1. The van der Waals surface area contributed by atoms with Crippen molar-refractivity contribution in [2.45, 2.75) is 55.4 Å². The molecule has 2 atom stereocenters. The highest BCUT2D eigenvalue weighted by Crippen LogP contribution is 2.31. The number of carbonyl (C=O) groups excluding carboxylic acids is 2. The Hall–Kier alpha value is -3.58. The van der Waals surface area contributed by atoms with Crippen LogP contribution in [0.25, 0.3) is 11.1 Å². The van der Waals surface area contributed by atoms with Crippen molar-refractivity contribution >= 4 is 30.4 Å². The molecule has 0 aliphatic heterocycles. The van der Waals surface area contributed by atoms with Crippen LogP contribution in [0.5, 0.6) is 0 Å². The fourth-order valence-electron chi connectivity index (χ4n) is 4.83. The SMILES string of the molecule is O=C(O)[C@H](Cc1ccc(-c2ccccc2)cc1)NC(=O)C1(NC(=O)[C@@H](S)Cc2ccccc2)CCCC1. The molecule has 2 amide bonds. The number of aliphatic carboxylic acids is 1. The van der Waals surface area contributed by atoms with Gasteiger partial charge in [0.2, 0.25) is 11.8 Å². The number of carbonyl (C=O) groups is 3. The van der Waals surface area contributed by atoms with Crippen LogP contribution in [0.3, 0.4) is 0 Å². The highest BCUT2D eigenvalue weighted by molar-refractivity contribution is 7.81. The smallest absolute Gasteiger partial charge is 0.326 e. The third-order valence-electron chi connectivity index (χ3n) is 6.93. The number of carboxylic acids is 1. The van der Waals surface area contributed by atoms with Gasteiger partial charge >= 0.3 is 5.97 Å². The van der Waals surface area contributed by atoms with Crippen LogP contribution in [0.2, 0.25) is 0 Å². The predicted octanol–water partition coefficient (Wildman–Crippen LogP) is 4.44. The maximum atomic E-state index is 13.4. The van der Waals surface area contributed by atoms with E-state index in [9.17, 15) is 19.5 Å². The van der Waals surface area contributed by atoms with Gasteiger partial charge in [-0.25, -0.2) is 4.79 Å². The highest BCUT2D eigenvalue weighted by atomic mass is 32.1. The van der Waals surface area contributed by atoms with Gasteiger partial charge in [-0.1, -0.05) is 97.8 Å². The van der Waals surface area contributed by atoms with Crippen LogP contribution in [0.4, 0.5) is 0 Å². The second kappa shape index (κ2) is 12.1. The summed E-state index contributed by atoms with van der Waals surface area (Å²) in [6, 6.07) is 26.0. The van der Waals surface area contributed by atoms with Crippen LogP contribution in [-0.4, -0.2) is 39.7 Å². The molecule has 0 saturated heterocycles. The summed E-state index contributed by atoms with van der Waals surface area (Å²) in [5, 5.41) is 14.9. The van der Waals surface area contributed by atoms with Crippen molar-refractivity contribution in [3.8, 4) is 11.1 Å². The zero-order valence-corrected chi connectivity index (χ0v) is 21.5. The van der Waals surface area contributed by atoms with Gasteiger partial charge in [-0.15, -0.1) is 0 Å². The first-order valence-electron chi connectivity index (χ1n) is 12.6. The Labute approximate surface area is 222 Å². The molecular formula is C30H32N2O4S. The van der Waals surface area contributed by atoms with Crippen molar-refractivity contribution in [1.82, 2.24) is 10.6 Å². The van der Waals surface area contributed by atoms with E-state index in [-0.39, 0.29) is 12.3 Å². The maximum absolute atomic E-state index is 13.4. The minimum absolute atomic E-state index is 0.142. The van der Waals surface area contributed by atoms with Crippen LogP contribution in [0, 0.1) is 0 Å². The second-order valence-corrected chi connectivity index (χ2v) is 10.2. The molecule has 0 radical (unpaired) electrons. The van der Waals surface area contributed by atoms with E-state index in [4.69, 9.17) is 0 Å². The molecule has 3 aromatic carbocycles. The molecule has 1 fully saturated rings. The van der Waals surface area contributed by atoms with Gasteiger partial charge < -0.3 is 15.7 Å². The molecular weight excluding hydrogens is 484 g/mol. The van der Waals surface area contributed by atoms with Crippen LogP contribution < -0.4 is 10.6 Å². The van der Waals surface area contributed by atoms with E-state index in [0.29, 0.717) is 19.3 Å². The summed E-state index contributed by atoms with van der Waals surface area (Å²) in [6.45, 7) is 0. The van der Waals surface area contributed by atoms with Gasteiger partial charge in [0.1, 0.15) is 11.6 Å². The molecule has 0 unspecified atom stereocenters. The number of benzene rings is 3. The Morgan fingerprint density at radius 1 is 0.784 bits per heavy atom. The van der Waals surface area contributed by atoms with E-state index in [1.54, 1.807) is 0 Å². The lowest BCUT2D eigenvalue weighted by molar-refractivity contribution is -0.143. The molecule has 1 aliphatic carbocycles. The van der Waals surface area contributed by atoms with Gasteiger partial charge in [0, 0.05) is 6.42 Å². The fraction of sp³-hybridized carbons (Fsp3) is 0.300. The van der Waals surface area contributed by atoms with Crippen molar-refractivity contribution in [2.24, 2.45) is 0 Å². The Morgan fingerprint density at radius 2 is 1.32 bits per heavy atom. The topological polar surface area (TPSA) is 95.5 Å². The van der Waals surface area contributed by atoms with Crippen LogP contribution in [0.1, 0.15) is 36.8 Å². The summed E-state index contributed by atoms with van der Waals surface area (Å²) in [7, 11) is 0. The van der Waals surface area contributed by atoms with E-state index < -0.39 is 28.7 Å². The molecule has 0 spiro atoms. The van der Waals surface area contributed by atoms with Crippen molar-refractivity contribution in [3.05, 3.63) is 96.1 Å². The molecule has 192 valence electrons. The quantitative estimate of drug-likeness (QED) is 0.300. The van der Waals surface area contributed by atoms with Crippen molar-refractivity contribution in [1.29, 1.82) is 0 Å². The van der Waals surface area contributed by atoms with Gasteiger partial charge in [0.05, 0.1) is 5.25 Å². The first-order chi connectivity index (χ1) is 17.9. The number of amides is 2. The van der Waals surface area contributed by atoms with Crippen molar-refractivity contribution in [3.63, 3.8) is 0 Å². The van der Waals surface area contributed by atoms with Crippen LogP contribution in [-0.2, 0) is 27.2 Å². The number of thiol groups is 1. The third-order valence-corrected chi connectivity index (χ3v) is 7.35. The van der Waals surface area contributed by atoms with Gasteiger partial charge in [-0.2, -0.15) is 12.6 Å². The van der Waals surface area contributed by atoms with Crippen LogP contribution >= 0.6 is 12.6 Å². The summed E-state index contributed by atoms with van der Waals surface area (Å²) in [4.78, 5) is 38.5. The van der Waals surface area contributed by atoms with Crippen molar-refractivity contribution in [2.75, 3.05) is 0 Å². The molecule has 0 heterocycles. The molecule has 3 aromatic rings. The summed E-state index contributed by atoms with van der Waals surface area (Å²) in [5.74, 6) is -1.89. The maximum Gasteiger partial charge on any atom is 0.326 e. The lowest BCUT2D eigenvalue weighted by Gasteiger charge is -2.31. The summed E-state index contributed by atoms with van der Waals surface area (Å²) < 4.78 is 0. The monoisotopic (exact) mass is 516 g/mol.